The van der Waals surface area contributed by atoms with Crippen LogP contribution in [0, 0.1) is 0 Å². The lowest BCUT2D eigenvalue weighted by Crippen LogP contribution is -2.09. The molecule has 0 radical (unpaired) electrons. The van der Waals surface area contributed by atoms with Gasteiger partial charge in [-0.05, 0) is 0 Å². The topological polar surface area (TPSA) is 42.9 Å². The predicted molar refractivity (Wildman–Crippen MR) is 37.0 cm³/mol. The van der Waals surface area contributed by atoms with Crippen LogP contribution in [0.25, 0.3) is 0 Å². The second-order valence-electron chi connectivity index (χ2n) is 2.35. The van der Waals surface area contributed by atoms with Gasteiger partial charge in [-0.3, -0.25) is 4.79 Å². The molecule has 13 heavy (non-hydrogen) atoms. The zero-order valence-corrected chi connectivity index (χ0v) is 6.59. The molecular formula is C7H5F3N2O. The van der Waals surface area contributed by atoms with E-state index in [1.165, 1.54) is 6.92 Å². The van der Waals surface area contributed by atoms with Crippen LogP contribution in [0.15, 0.2) is 12.4 Å². The molecule has 0 spiro atoms. The van der Waals surface area contributed by atoms with Crippen molar-refractivity contribution in [1.29, 1.82) is 0 Å². The van der Waals surface area contributed by atoms with Crippen molar-refractivity contribution in [2.45, 2.75) is 13.1 Å². The Morgan fingerprint density at radius 3 is 2.08 bits per heavy atom. The van der Waals surface area contributed by atoms with Crippen LogP contribution in [0.5, 0.6) is 0 Å². The summed E-state index contributed by atoms with van der Waals surface area (Å²) in [7, 11) is 0. The first-order chi connectivity index (χ1) is 5.91. The van der Waals surface area contributed by atoms with Crippen LogP contribution in [-0.2, 0) is 6.18 Å². The van der Waals surface area contributed by atoms with E-state index in [-0.39, 0.29) is 5.82 Å². The molecule has 1 aromatic heterocycles. The van der Waals surface area contributed by atoms with Gasteiger partial charge in [-0.1, -0.05) is 0 Å². The third kappa shape index (κ3) is 2.24. The van der Waals surface area contributed by atoms with Gasteiger partial charge >= 0.3 is 6.18 Å². The van der Waals surface area contributed by atoms with Crippen LogP contribution in [0.3, 0.4) is 0 Å². The van der Waals surface area contributed by atoms with Crippen LogP contribution < -0.4 is 0 Å². The van der Waals surface area contributed by atoms with Gasteiger partial charge in [-0.2, -0.15) is 13.2 Å². The number of rotatable bonds is 1. The number of nitrogens with zero attached hydrogens (tertiary/aromatic N) is 2. The molecule has 6 heteroatoms. The van der Waals surface area contributed by atoms with Gasteiger partial charge < -0.3 is 0 Å². The predicted octanol–water partition coefficient (Wildman–Crippen LogP) is 1.70. The summed E-state index contributed by atoms with van der Waals surface area (Å²) in [5.41, 5.74) is -0.961. The molecule has 0 aromatic carbocycles. The highest BCUT2D eigenvalue weighted by Gasteiger charge is 2.31. The number of carbonyl (C=O) groups excluding carboxylic acids is 1. The molecule has 1 aromatic rings. The molecule has 70 valence electrons. The van der Waals surface area contributed by atoms with Crippen molar-refractivity contribution in [3.05, 3.63) is 23.8 Å². The summed E-state index contributed by atoms with van der Waals surface area (Å²) in [6.45, 7) is 1.18. The maximum absolute atomic E-state index is 12.0. The molecule has 0 bridgehead atoms. The number of carbonyl (C=O) groups is 1. The lowest BCUT2D eigenvalue weighted by molar-refractivity contribution is -0.138. The van der Waals surface area contributed by atoms with Gasteiger partial charge in [0.1, 0.15) is 0 Å². The van der Waals surface area contributed by atoms with Crippen LogP contribution in [0.1, 0.15) is 23.1 Å². The summed E-state index contributed by atoms with van der Waals surface area (Å²) in [6.07, 6.45) is -3.29. The first-order valence-electron chi connectivity index (χ1n) is 3.31. The number of halogens is 3. The SMILES string of the molecule is CC(=O)c1ncc(C(F)(F)F)cn1. The molecule has 0 aliphatic rings. The summed E-state index contributed by atoms with van der Waals surface area (Å²) in [5.74, 6) is -0.679. The van der Waals surface area contributed by atoms with E-state index in [2.05, 4.69) is 9.97 Å². The second kappa shape index (κ2) is 3.12. The molecular weight excluding hydrogens is 185 g/mol. The molecule has 0 N–H and O–H groups in total. The summed E-state index contributed by atoms with van der Waals surface area (Å²) in [4.78, 5) is 17.1. The van der Waals surface area contributed by atoms with Gasteiger partial charge in [0.05, 0.1) is 5.56 Å². The Hall–Kier alpha value is -1.46. The Bertz CT molecular complexity index is 318. The molecule has 3 nitrogen and oxygen atoms in total. The van der Waals surface area contributed by atoms with Crippen LogP contribution in [0.2, 0.25) is 0 Å². The quantitative estimate of drug-likeness (QED) is 0.633. The van der Waals surface area contributed by atoms with Gasteiger partial charge in [0, 0.05) is 19.3 Å². The zero-order chi connectivity index (χ0) is 10.1. The van der Waals surface area contributed by atoms with Crippen molar-refractivity contribution in [2.24, 2.45) is 0 Å². The fourth-order valence-corrected chi connectivity index (χ4v) is 0.656. The summed E-state index contributed by atoms with van der Waals surface area (Å²) >= 11 is 0. The van der Waals surface area contributed by atoms with E-state index >= 15 is 0 Å². The van der Waals surface area contributed by atoms with E-state index in [4.69, 9.17) is 0 Å². The van der Waals surface area contributed by atoms with Crippen molar-refractivity contribution in [2.75, 3.05) is 0 Å². The van der Waals surface area contributed by atoms with Gasteiger partial charge in [0.25, 0.3) is 0 Å². The first kappa shape index (κ1) is 9.63. The molecule has 1 rings (SSSR count). The van der Waals surface area contributed by atoms with Crippen molar-refractivity contribution >= 4 is 5.78 Å². The minimum Gasteiger partial charge on any atom is -0.291 e. The monoisotopic (exact) mass is 190 g/mol. The second-order valence-corrected chi connectivity index (χ2v) is 2.35. The summed E-state index contributed by atoms with van der Waals surface area (Å²) < 4.78 is 35.9. The van der Waals surface area contributed by atoms with Crippen molar-refractivity contribution in [1.82, 2.24) is 9.97 Å². The zero-order valence-electron chi connectivity index (χ0n) is 6.59. The first-order valence-corrected chi connectivity index (χ1v) is 3.31. The molecule has 0 amide bonds. The highest BCUT2D eigenvalue weighted by molar-refractivity contribution is 5.90. The van der Waals surface area contributed by atoms with Crippen LogP contribution in [-0.4, -0.2) is 15.8 Å². The number of Topliss-reactive ketones (excluding diaryl/α,β-unsaturated/α-hetero) is 1. The summed E-state index contributed by atoms with van der Waals surface area (Å²) in [5, 5.41) is 0. The van der Waals surface area contributed by atoms with Crippen molar-refractivity contribution in [3.8, 4) is 0 Å². The van der Waals surface area contributed by atoms with E-state index in [1.807, 2.05) is 0 Å². The molecule has 0 saturated heterocycles. The van der Waals surface area contributed by atoms with E-state index in [9.17, 15) is 18.0 Å². The number of hydrogen-bond donors (Lipinski definition) is 0. The van der Waals surface area contributed by atoms with Crippen molar-refractivity contribution < 1.29 is 18.0 Å². The average molecular weight is 190 g/mol. The van der Waals surface area contributed by atoms with Gasteiger partial charge in [-0.25, -0.2) is 9.97 Å². The van der Waals surface area contributed by atoms with Gasteiger partial charge in [0.15, 0.2) is 11.6 Å². The minimum absolute atomic E-state index is 0.215. The smallest absolute Gasteiger partial charge is 0.291 e. The average Bonchev–Trinajstić information content (AvgIpc) is 2.03. The molecule has 0 saturated carbocycles. The largest absolute Gasteiger partial charge is 0.419 e. The number of hydrogen-bond acceptors (Lipinski definition) is 3. The van der Waals surface area contributed by atoms with E-state index in [0.717, 1.165) is 0 Å². The Balaban J connectivity index is 3.01. The minimum atomic E-state index is -4.46. The Labute approximate surface area is 71.6 Å². The standard InChI is InChI=1S/C7H5F3N2O/c1-4(13)6-11-2-5(3-12-6)7(8,9)10/h2-3H,1H3. The number of ketones is 1. The third-order valence-electron chi connectivity index (χ3n) is 1.29. The van der Waals surface area contributed by atoms with E-state index < -0.39 is 17.5 Å². The highest BCUT2D eigenvalue weighted by atomic mass is 19.4. The normalized spacial score (nSPS) is 11.4. The van der Waals surface area contributed by atoms with E-state index in [1.54, 1.807) is 0 Å². The fraction of sp³-hybridized carbons (Fsp3) is 0.286. The Kier molecular flexibility index (Phi) is 2.31. The number of aromatic nitrogens is 2. The Morgan fingerprint density at radius 2 is 1.77 bits per heavy atom. The fourth-order valence-electron chi connectivity index (χ4n) is 0.656. The molecule has 0 atom stereocenters. The Morgan fingerprint density at radius 1 is 1.31 bits per heavy atom. The molecule has 0 aliphatic carbocycles. The van der Waals surface area contributed by atoms with Crippen LogP contribution >= 0.6 is 0 Å². The summed E-state index contributed by atoms with van der Waals surface area (Å²) in [6, 6.07) is 0. The van der Waals surface area contributed by atoms with Crippen molar-refractivity contribution in [3.63, 3.8) is 0 Å². The lowest BCUT2D eigenvalue weighted by Gasteiger charge is -2.04. The van der Waals surface area contributed by atoms with Crippen LogP contribution in [0.4, 0.5) is 13.2 Å². The molecule has 1 heterocycles. The molecule has 0 aliphatic heterocycles. The van der Waals surface area contributed by atoms with Gasteiger partial charge in [0.2, 0.25) is 0 Å². The van der Waals surface area contributed by atoms with Gasteiger partial charge in [-0.15, -0.1) is 0 Å². The maximum Gasteiger partial charge on any atom is 0.419 e. The number of alkyl halides is 3. The maximum atomic E-state index is 12.0. The lowest BCUT2D eigenvalue weighted by atomic mass is 10.3. The third-order valence-corrected chi connectivity index (χ3v) is 1.29. The molecule has 0 fully saturated rings. The highest BCUT2D eigenvalue weighted by Crippen LogP contribution is 2.27. The van der Waals surface area contributed by atoms with E-state index in [0.29, 0.717) is 12.4 Å². The molecule has 0 unspecified atom stereocenters.